The molecule has 1 atom stereocenters. The zero-order valence-electron chi connectivity index (χ0n) is 15.8. The number of nitro groups is 1. The van der Waals surface area contributed by atoms with E-state index in [1.807, 2.05) is 12.1 Å². The maximum atomic E-state index is 11.1. The highest BCUT2D eigenvalue weighted by molar-refractivity contribution is 7.95. The van der Waals surface area contributed by atoms with Gasteiger partial charge in [-0.05, 0) is 29.8 Å². The monoisotopic (exact) mass is 387 g/mol. The van der Waals surface area contributed by atoms with Crippen molar-refractivity contribution in [2.45, 2.75) is 76.9 Å². The molecule has 144 valence electrons. The number of nitro benzene ring substituents is 1. The molecule has 0 amide bonds. The van der Waals surface area contributed by atoms with Gasteiger partial charge in [0.1, 0.15) is 11.5 Å². The van der Waals surface area contributed by atoms with E-state index in [1.54, 1.807) is 12.1 Å². The van der Waals surface area contributed by atoms with E-state index < -0.39 is 0 Å². The van der Waals surface area contributed by atoms with Crippen molar-refractivity contribution in [1.82, 2.24) is 0 Å². The van der Waals surface area contributed by atoms with E-state index in [-0.39, 0.29) is 33.9 Å². The summed E-state index contributed by atoms with van der Waals surface area (Å²) < 4.78 is 0. The summed E-state index contributed by atoms with van der Waals surface area (Å²) in [5, 5.41) is 11.1. The van der Waals surface area contributed by atoms with E-state index in [4.69, 9.17) is 0 Å². The number of nitrogens with zero attached hydrogens (tertiary/aromatic N) is 1. The molecule has 0 saturated carbocycles. The first-order valence-electron chi connectivity index (χ1n) is 9.46. The van der Waals surface area contributed by atoms with Crippen molar-refractivity contribution in [3.63, 3.8) is 0 Å². The summed E-state index contributed by atoms with van der Waals surface area (Å²) >= 11 is 0. The average molecular weight is 388 g/mol. The highest BCUT2D eigenvalue weighted by atomic mass is 35.5. The number of hydrogen-bond donors (Lipinski definition) is 0. The molecule has 0 bridgehead atoms. The van der Waals surface area contributed by atoms with E-state index in [0.717, 1.165) is 11.3 Å². The highest BCUT2D eigenvalue weighted by Gasteiger charge is 2.19. The summed E-state index contributed by atoms with van der Waals surface area (Å²) in [4.78, 5) is 10.8. The topological polar surface area (TPSA) is 43.1 Å². The maximum absolute atomic E-state index is 11.1. The average Bonchev–Trinajstić information content (AvgIpc) is 2.57. The molecule has 3 nitrogen and oxygen atoms in total. The molecule has 0 aliphatic carbocycles. The molecule has 0 radical (unpaired) electrons. The van der Waals surface area contributed by atoms with E-state index in [9.17, 15) is 10.1 Å². The summed E-state index contributed by atoms with van der Waals surface area (Å²) in [6.45, 7) is 2.26. The molecule has 0 heterocycles. The van der Waals surface area contributed by atoms with Crippen LogP contribution in [0.15, 0.2) is 24.3 Å². The van der Waals surface area contributed by atoms with E-state index in [1.165, 1.54) is 70.0 Å². The molecule has 1 aromatic rings. The number of para-hydroxylation sites is 1. The Hall–Kier alpha value is -0.740. The van der Waals surface area contributed by atoms with Gasteiger partial charge in [-0.2, -0.15) is 0 Å². The largest absolute Gasteiger partial charge is 1.00 e. The normalized spacial score (nSPS) is 11.8. The smallest absolute Gasteiger partial charge is 0.277 e. The summed E-state index contributed by atoms with van der Waals surface area (Å²) in [5.74, 6) is 2.04. The van der Waals surface area contributed by atoms with Crippen LogP contribution in [0.25, 0.3) is 0 Å². The highest BCUT2D eigenvalue weighted by Crippen LogP contribution is 2.21. The second-order valence-corrected chi connectivity index (χ2v) is 8.96. The first-order valence-corrected chi connectivity index (χ1v) is 11.4. The minimum atomic E-state index is -0.257. The van der Waals surface area contributed by atoms with Gasteiger partial charge >= 0.3 is 0 Å². The Bertz CT molecular complexity index is 471. The number of hydrogen-bond acceptors (Lipinski definition) is 2. The van der Waals surface area contributed by atoms with Crippen LogP contribution in [0.4, 0.5) is 5.69 Å². The molecule has 25 heavy (non-hydrogen) atoms. The lowest BCUT2D eigenvalue weighted by Gasteiger charge is -2.05. The predicted molar refractivity (Wildman–Crippen MR) is 107 cm³/mol. The van der Waals surface area contributed by atoms with Crippen molar-refractivity contribution < 1.29 is 17.3 Å². The van der Waals surface area contributed by atoms with Crippen molar-refractivity contribution in [2.24, 2.45) is 0 Å². The Morgan fingerprint density at radius 1 is 0.920 bits per heavy atom. The first-order chi connectivity index (χ1) is 11.6. The van der Waals surface area contributed by atoms with Crippen LogP contribution in [-0.2, 0) is 16.6 Å². The number of benzene rings is 1. The van der Waals surface area contributed by atoms with Crippen LogP contribution in [0.2, 0.25) is 0 Å². The van der Waals surface area contributed by atoms with Crippen molar-refractivity contribution in [3.05, 3.63) is 39.9 Å². The lowest BCUT2D eigenvalue weighted by Crippen LogP contribution is -3.00. The number of rotatable bonds is 14. The Labute approximate surface area is 162 Å². The molecule has 0 aliphatic heterocycles. The van der Waals surface area contributed by atoms with Gasteiger partial charge in [0.15, 0.2) is 0 Å². The third kappa shape index (κ3) is 11.5. The van der Waals surface area contributed by atoms with Crippen LogP contribution >= 0.6 is 0 Å². The molecule has 0 spiro atoms. The minimum absolute atomic E-state index is 0. The number of unbranched alkanes of at least 4 members (excludes halogenated alkanes) is 9. The van der Waals surface area contributed by atoms with Crippen LogP contribution in [-0.4, -0.2) is 16.9 Å². The van der Waals surface area contributed by atoms with E-state index in [0.29, 0.717) is 0 Å². The Morgan fingerprint density at radius 2 is 1.44 bits per heavy atom. The zero-order valence-corrected chi connectivity index (χ0v) is 17.4. The fourth-order valence-corrected chi connectivity index (χ4v) is 4.60. The van der Waals surface area contributed by atoms with Gasteiger partial charge in [0, 0.05) is 6.07 Å². The summed E-state index contributed by atoms with van der Waals surface area (Å²) in [6, 6.07) is 7.17. The molecule has 1 aromatic carbocycles. The van der Waals surface area contributed by atoms with Crippen molar-refractivity contribution in [3.8, 4) is 0 Å². The second-order valence-electron chi connectivity index (χ2n) is 6.70. The molecule has 0 fully saturated rings. The van der Waals surface area contributed by atoms with Gasteiger partial charge in [-0.25, -0.2) is 0 Å². The third-order valence-corrected chi connectivity index (χ3v) is 6.23. The lowest BCUT2D eigenvalue weighted by molar-refractivity contribution is -0.385. The van der Waals surface area contributed by atoms with Crippen molar-refractivity contribution in [1.29, 1.82) is 0 Å². The molecular formula is C20H34ClNO2S. The fourth-order valence-electron chi connectivity index (χ4n) is 2.98. The summed E-state index contributed by atoms with van der Waals surface area (Å²) in [7, 11) is 0.235. The van der Waals surface area contributed by atoms with Crippen LogP contribution in [0.3, 0.4) is 0 Å². The Kier molecular flexibility index (Phi) is 15.1. The van der Waals surface area contributed by atoms with E-state index >= 15 is 0 Å². The Balaban J connectivity index is 0.00000576. The van der Waals surface area contributed by atoms with Gasteiger partial charge < -0.3 is 12.4 Å². The van der Waals surface area contributed by atoms with Crippen LogP contribution in [0.1, 0.15) is 76.7 Å². The van der Waals surface area contributed by atoms with Gasteiger partial charge in [-0.3, -0.25) is 10.1 Å². The standard InChI is InChI=1S/C20H34NO2S.ClH/c1-3-4-5-6-7-8-9-10-11-14-17-24(2)18-19-15-12-13-16-20(19)21(22)23;/h12-13,15-16H,3-11,14,17-18H2,1-2H3;1H/q+1;/p-1. The third-order valence-electron chi connectivity index (χ3n) is 4.44. The van der Waals surface area contributed by atoms with Crippen molar-refractivity contribution >= 4 is 16.6 Å². The quantitative estimate of drug-likeness (QED) is 0.213. The summed E-state index contributed by atoms with van der Waals surface area (Å²) in [6.07, 6.45) is 15.8. The molecule has 0 N–H and O–H groups in total. The minimum Gasteiger partial charge on any atom is -1.00 e. The molecule has 1 unspecified atom stereocenters. The van der Waals surface area contributed by atoms with E-state index in [2.05, 4.69) is 13.2 Å². The number of halogens is 1. The zero-order chi connectivity index (χ0) is 17.6. The fraction of sp³-hybridized carbons (Fsp3) is 0.700. The SMILES string of the molecule is CCCCCCCCCCCC[S+](C)Cc1ccccc1[N+](=O)[O-].[Cl-]. The van der Waals surface area contributed by atoms with Gasteiger partial charge in [0.2, 0.25) is 0 Å². The maximum Gasteiger partial charge on any atom is 0.277 e. The first kappa shape index (κ1) is 24.3. The molecule has 0 saturated heterocycles. The molecular weight excluding hydrogens is 354 g/mol. The van der Waals surface area contributed by atoms with Gasteiger partial charge in [0.05, 0.1) is 16.7 Å². The molecule has 5 heteroatoms. The summed E-state index contributed by atoms with van der Waals surface area (Å²) in [5.41, 5.74) is 1.17. The van der Waals surface area contributed by atoms with Crippen LogP contribution in [0.5, 0.6) is 0 Å². The van der Waals surface area contributed by atoms with Gasteiger partial charge in [-0.1, -0.05) is 70.4 Å². The van der Waals surface area contributed by atoms with Gasteiger partial charge in [-0.15, -0.1) is 0 Å². The molecule has 0 aliphatic rings. The molecule has 1 rings (SSSR count). The van der Waals surface area contributed by atoms with Crippen LogP contribution < -0.4 is 12.4 Å². The van der Waals surface area contributed by atoms with Crippen molar-refractivity contribution in [2.75, 3.05) is 12.0 Å². The Morgan fingerprint density at radius 3 is 2.00 bits per heavy atom. The molecule has 0 aromatic heterocycles. The lowest BCUT2D eigenvalue weighted by atomic mass is 10.1. The predicted octanol–water partition coefficient (Wildman–Crippen LogP) is 3.27. The van der Waals surface area contributed by atoms with Crippen LogP contribution in [0, 0.1) is 10.1 Å². The second kappa shape index (κ2) is 15.5. The van der Waals surface area contributed by atoms with Gasteiger partial charge in [0.25, 0.3) is 5.69 Å².